The Kier molecular flexibility index (Phi) is 6.29. The van der Waals surface area contributed by atoms with Crippen LogP contribution in [-0.4, -0.2) is 12.5 Å². The first-order chi connectivity index (χ1) is 11.1. The van der Waals surface area contributed by atoms with Crippen molar-refractivity contribution in [1.82, 2.24) is 5.32 Å². The molecule has 23 heavy (non-hydrogen) atoms. The highest BCUT2D eigenvalue weighted by Crippen LogP contribution is 2.17. The molecule has 0 aliphatic heterocycles. The second kappa shape index (κ2) is 8.44. The fraction of sp³-hybridized carbons (Fsp3) is 0.316. The van der Waals surface area contributed by atoms with Crippen molar-refractivity contribution in [2.45, 2.75) is 26.8 Å². The molecule has 3 nitrogen and oxygen atoms in total. The predicted octanol–water partition coefficient (Wildman–Crippen LogP) is 3.75. The summed E-state index contributed by atoms with van der Waals surface area (Å²) in [5.74, 6) is -0.562. The molecule has 1 atom stereocenters. The lowest BCUT2D eigenvalue weighted by Crippen LogP contribution is -2.23. The molecule has 0 heterocycles. The molecule has 0 fully saturated rings. The Bertz CT molecular complexity index is 657. The third-order valence-electron chi connectivity index (χ3n) is 3.72. The van der Waals surface area contributed by atoms with Crippen LogP contribution in [0.3, 0.4) is 0 Å². The Balaban J connectivity index is 2.01. The lowest BCUT2D eigenvalue weighted by Gasteiger charge is -2.15. The van der Waals surface area contributed by atoms with Crippen molar-refractivity contribution >= 4 is 11.6 Å². The van der Waals surface area contributed by atoms with Gasteiger partial charge in [0.1, 0.15) is 5.82 Å². The molecule has 2 N–H and O–H groups in total. The van der Waals surface area contributed by atoms with Crippen molar-refractivity contribution in [3.8, 4) is 0 Å². The van der Waals surface area contributed by atoms with E-state index in [0.29, 0.717) is 13.0 Å². The standard InChI is InChI=1S/C19H23FN2O/c1-3-21-13-16-8-4-5-10-18(16)22-19(23)14(2)11-15-7-6-9-17(20)12-15/h4-10,12,14,21H,3,11,13H2,1-2H3,(H,22,23). The maximum atomic E-state index is 13.2. The first-order valence-electron chi connectivity index (χ1n) is 7.94. The summed E-state index contributed by atoms with van der Waals surface area (Å²) in [5, 5.41) is 6.24. The maximum absolute atomic E-state index is 13.2. The smallest absolute Gasteiger partial charge is 0.227 e. The minimum absolute atomic E-state index is 0.0572. The molecule has 4 heteroatoms. The molecule has 0 aromatic heterocycles. The quantitative estimate of drug-likeness (QED) is 0.817. The van der Waals surface area contributed by atoms with Gasteiger partial charge in [0, 0.05) is 18.2 Å². The van der Waals surface area contributed by atoms with Gasteiger partial charge in [-0.25, -0.2) is 4.39 Å². The van der Waals surface area contributed by atoms with E-state index in [4.69, 9.17) is 0 Å². The number of para-hydroxylation sites is 1. The van der Waals surface area contributed by atoms with Crippen molar-refractivity contribution in [3.63, 3.8) is 0 Å². The van der Waals surface area contributed by atoms with Crippen molar-refractivity contribution < 1.29 is 9.18 Å². The molecule has 0 radical (unpaired) electrons. The number of hydrogen-bond acceptors (Lipinski definition) is 2. The van der Waals surface area contributed by atoms with Crippen LogP contribution in [-0.2, 0) is 17.8 Å². The zero-order valence-electron chi connectivity index (χ0n) is 13.6. The van der Waals surface area contributed by atoms with Crippen LogP contribution < -0.4 is 10.6 Å². The monoisotopic (exact) mass is 314 g/mol. The van der Waals surface area contributed by atoms with E-state index in [1.54, 1.807) is 6.07 Å². The van der Waals surface area contributed by atoms with Crippen molar-refractivity contribution in [2.75, 3.05) is 11.9 Å². The zero-order chi connectivity index (χ0) is 16.7. The summed E-state index contributed by atoms with van der Waals surface area (Å²) in [6.07, 6.45) is 0.513. The third kappa shape index (κ3) is 5.18. The van der Waals surface area contributed by atoms with E-state index < -0.39 is 0 Å². The van der Waals surface area contributed by atoms with Gasteiger partial charge < -0.3 is 10.6 Å². The molecule has 0 saturated carbocycles. The lowest BCUT2D eigenvalue weighted by molar-refractivity contribution is -0.119. The lowest BCUT2D eigenvalue weighted by atomic mass is 10.00. The van der Waals surface area contributed by atoms with E-state index >= 15 is 0 Å². The second-order valence-corrected chi connectivity index (χ2v) is 5.66. The molecule has 0 bridgehead atoms. The van der Waals surface area contributed by atoms with Crippen LogP contribution in [0.4, 0.5) is 10.1 Å². The average Bonchev–Trinajstić information content (AvgIpc) is 2.54. The molecule has 122 valence electrons. The van der Waals surface area contributed by atoms with Crippen LogP contribution in [0, 0.1) is 11.7 Å². The number of anilines is 1. The van der Waals surface area contributed by atoms with Crippen LogP contribution in [0.5, 0.6) is 0 Å². The fourth-order valence-corrected chi connectivity index (χ4v) is 2.42. The van der Waals surface area contributed by atoms with Gasteiger partial charge in [0.25, 0.3) is 0 Å². The molecule has 1 amide bonds. The average molecular weight is 314 g/mol. The number of halogens is 1. The van der Waals surface area contributed by atoms with Gasteiger partial charge >= 0.3 is 0 Å². The Morgan fingerprint density at radius 2 is 1.96 bits per heavy atom. The fourth-order valence-electron chi connectivity index (χ4n) is 2.42. The van der Waals surface area contributed by atoms with E-state index in [0.717, 1.165) is 23.4 Å². The molecule has 0 spiro atoms. The largest absolute Gasteiger partial charge is 0.326 e. The molecule has 0 saturated heterocycles. The molecular formula is C19H23FN2O. The van der Waals surface area contributed by atoms with Crippen molar-refractivity contribution in [1.29, 1.82) is 0 Å². The molecule has 2 aromatic carbocycles. The van der Waals surface area contributed by atoms with Crippen LogP contribution in [0.2, 0.25) is 0 Å². The minimum Gasteiger partial charge on any atom is -0.326 e. The van der Waals surface area contributed by atoms with Gasteiger partial charge in [-0.15, -0.1) is 0 Å². The molecular weight excluding hydrogens is 291 g/mol. The van der Waals surface area contributed by atoms with E-state index in [2.05, 4.69) is 10.6 Å². The van der Waals surface area contributed by atoms with Crippen molar-refractivity contribution in [3.05, 3.63) is 65.5 Å². The molecule has 0 aliphatic rings. The first-order valence-corrected chi connectivity index (χ1v) is 7.94. The summed E-state index contributed by atoms with van der Waals surface area (Å²) in [4.78, 5) is 12.4. The highest BCUT2D eigenvalue weighted by molar-refractivity contribution is 5.93. The molecule has 2 aromatic rings. The summed E-state index contributed by atoms with van der Waals surface area (Å²) in [6, 6.07) is 14.1. The Labute approximate surface area is 136 Å². The molecule has 0 aliphatic carbocycles. The predicted molar refractivity (Wildman–Crippen MR) is 91.7 cm³/mol. The van der Waals surface area contributed by atoms with Crippen molar-refractivity contribution in [2.24, 2.45) is 5.92 Å². The topological polar surface area (TPSA) is 41.1 Å². The number of carbonyl (C=O) groups excluding carboxylic acids is 1. The number of amides is 1. The van der Waals surface area contributed by atoms with Gasteiger partial charge in [0.2, 0.25) is 5.91 Å². The Hall–Kier alpha value is -2.20. The van der Waals surface area contributed by atoms with Gasteiger partial charge in [-0.05, 0) is 42.3 Å². The SMILES string of the molecule is CCNCc1ccccc1NC(=O)C(C)Cc1cccc(F)c1. The normalized spacial score (nSPS) is 12.0. The summed E-state index contributed by atoms with van der Waals surface area (Å²) < 4.78 is 13.2. The summed E-state index contributed by atoms with van der Waals surface area (Å²) in [6.45, 7) is 5.49. The van der Waals surface area contributed by atoms with Gasteiger partial charge in [-0.2, -0.15) is 0 Å². The molecule has 2 rings (SSSR count). The number of hydrogen-bond donors (Lipinski definition) is 2. The van der Waals surface area contributed by atoms with Crippen LogP contribution in [0.1, 0.15) is 25.0 Å². The number of nitrogens with one attached hydrogen (secondary N) is 2. The zero-order valence-corrected chi connectivity index (χ0v) is 13.6. The third-order valence-corrected chi connectivity index (χ3v) is 3.72. The highest BCUT2D eigenvalue weighted by Gasteiger charge is 2.15. The van der Waals surface area contributed by atoms with Crippen LogP contribution >= 0.6 is 0 Å². The summed E-state index contributed by atoms with van der Waals surface area (Å²) in [7, 11) is 0. The van der Waals surface area contributed by atoms with E-state index in [1.807, 2.05) is 44.2 Å². The number of benzene rings is 2. The van der Waals surface area contributed by atoms with E-state index in [-0.39, 0.29) is 17.6 Å². The Morgan fingerprint density at radius 3 is 2.70 bits per heavy atom. The van der Waals surface area contributed by atoms with Gasteiger partial charge in [-0.1, -0.05) is 44.2 Å². The summed E-state index contributed by atoms with van der Waals surface area (Å²) in [5.41, 5.74) is 2.71. The minimum atomic E-state index is -0.272. The molecule has 1 unspecified atom stereocenters. The van der Waals surface area contributed by atoms with Crippen LogP contribution in [0.15, 0.2) is 48.5 Å². The first kappa shape index (κ1) is 17.2. The van der Waals surface area contributed by atoms with Gasteiger partial charge in [0.15, 0.2) is 0 Å². The number of rotatable bonds is 7. The van der Waals surface area contributed by atoms with Gasteiger partial charge in [0.05, 0.1) is 0 Å². The van der Waals surface area contributed by atoms with Gasteiger partial charge in [-0.3, -0.25) is 4.79 Å². The maximum Gasteiger partial charge on any atom is 0.227 e. The highest BCUT2D eigenvalue weighted by atomic mass is 19.1. The van der Waals surface area contributed by atoms with E-state index in [9.17, 15) is 9.18 Å². The summed E-state index contributed by atoms with van der Waals surface area (Å²) >= 11 is 0. The van der Waals surface area contributed by atoms with E-state index in [1.165, 1.54) is 12.1 Å². The second-order valence-electron chi connectivity index (χ2n) is 5.66. The van der Waals surface area contributed by atoms with Crippen LogP contribution in [0.25, 0.3) is 0 Å². The Morgan fingerprint density at radius 1 is 1.17 bits per heavy atom. The number of carbonyl (C=O) groups is 1.